The molecule has 0 aliphatic rings. The van der Waals surface area contributed by atoms with Crippen molar-refractivity contribution in [2.45, 2.75) is 0 Å². The van der Waals surface area contributed by atoms with Gasteiger partial charge in [-0.3, -0.25) is 0 Å². The Labute approximate surface area is 90.2 Å². The number of hydrogen-bond acceptors (Lipinski definition) is 0. The van der Waals surface area contributed by atoms with Gasteiger partial charge in [-0.2, -0.15) is 0 Å². The predicted molar refractivity (Wildman–Crippen MR) is 18.5 cm³/mol. The first-order valence-electron chi connectivity index (χ1n) is 0. The maximum Gasteiger partial charge on any atom is 0 e. The first-order valence-corrected chi connectivity index (χ1v) is 0. The third kappa shape index (κ3) is 8.90. The Kier molecular flexibility index (Phi) is 115. The molecule has 0 rings (SSSR count). The average molecular weight is 553 g/mol. The van der Waals surface area contributed by atoms with Crippen LogP contribution < -0.4 is 0 Å². The van der Waals surface area contributed by atoms with Crippen LogP contribution in [-0.2, 0) is 48.2 Å². The van der Waals surface area contributed by atoms with Crippen molar-refractivity contribution in [3.8, 4) is 0 Å². The summed E-state index contributed by atoms with van der Waals surface area (Å²) >= 11 is 0. The predicted octanol–water partition coefficient (Wildman–Crippen LogP) is -2.11. The van der Waals surface area contributed by atoms with E-state index < -0.39 is 0 Å². The van der Waals surface area contributed by atoms with Crippen molar-refractivity contribution < 1.29 is 48.2 Å². The molecule has 0 fully saturated rings. The molecule has 0 spiro atoms. The van der Waals surface area contributed by atoms with Gasteiger partial charge < -0.3 is 0 Å². The molecule has 0 N–H and O–H groups in total. The number of rotatable bonds is 0. The van der Waals surface area contributed by atoms with Crippen molar-refractivity contribution in [1.82, 2.24) is 0 Å². The van der Waals surface area contributed by atoms with E-state index in [0.29, 0.717) is 0 Å². The topological polar surface area (TPSA) is 0 Å². The Morgan fingerprint density at radius 1 is 1.00 bits per heavy atom. The van der Waals surface area contributed by atoms with Crippen molar-refractivity contribution >= 4 is 43.7 Å². The first kappa shape index (κ1) is 27.8. The van der Waals surface area contributed by atoms with Gasteiger partial charge in [-0.1, -0.05) is 0 Å². The molecule has 0 aliphatic carbocycles. The van der Waals surface area contributed by atoms with Crippen molar-refractivity contribution in [3.05, 3.63) is 0 Å². The van der Waals surface area contributed by atoms with Crippen LogP contribution in [0.15, 0.2) is 0 Å². The number of hydrogen-bond donors (Lipinski definition) is 0. The van der Waals surface area contributed by atoms with Crippen LogP contribution in [0, 0.1) is 0 Å². The molecule has 0 amide bonds. The monoisotopic (exact) mass is 555 g/mol. The molecule has 0 unspecified atom stereocenters. The van der Waals surface area contributed by atoms with Crippen LogP contribution >= 0.6 is 0 Å². The van der Waals surface area contributed by atoms with Crippen molar-refractivity contribution in [1.29, 1.82) is 0 Å². The van der Waals surface area contributed by atoms with Crippen molar-refractivity contribution in [2.24, 2.45) is 0 Å². The quantitative estimate of drug-likeness (QED) is 0.302. The Balaban J connectivity index is 0. The summed E-state index contributed by atoms with van der Waals surface area (Å²) in [5.41, 5.74) is 0. The van der Waals surface area contributed by atoms with E-state index >= 15 is 0 Å². The summed E-state index contributed by atoms with van der Waals surface area (Å²) in [6.45, 7) is 0. The van der Waals surface area contributed by atoms with Gasteiger partial charge >= 0.3 is 43.7 Å². The van der Waals surface area contributed by atoms with Gasteiger partial charge in [0.2, 0.25) is 0 Å². The molecule has 21 valence electrons. The minimum atomic E-state index is 0. The molecule has 0 aromatic carbocycles. The van der Waals surface area contributed by atoms with E-state index in [9.17, 15) is 0 Å². The van der Waals surface area contributed by atoms with Gasteiger partial charge in [0.25, 0.3) is 0 Å². The van der Waals surface area contributed by atoms with Gasteiger partial charge in [0.05, 0.1) is 0 Å². The summed E-state index contributed by atoms with van der Waals surface area (Å²) in [6.07, 6.45) is 0. The standard InChI is InChI=1S/Ga.Hf.Sn.Ta.5H. The summed E-state index contributed by atoms with van der Waals surface area (Å²) in [7, 11) is 0. The van der Waals surface area contributed by atoms with Crippen LogP contribution in [0.3, 0.4) is 0 Å². The maximum atomic E-state index is 0. The van der Waals surface area contributed by atoms with E-state index in [0.717, 1.165) is 0 Å². The zero-order valence-corrected chi connectivity index (χ0v) is 12.5. The molecular formula is H5GaHfSnTa. The van der Waals surface area contributed by atoms with E-state index in [2.05, 4.69) is 0 Å². The largest absolute Gasteiger partial charge is 0 e. The van der Waals surface area contributed by atoms with Crippen molar-refractivity contribution in [3.63, 3.8) is 0 Å². The van der Waals surface area contributed by atoms with Crippen LogP contribution in [0.4, 0.5) is 0 Å². The maximum absolute atomic E-state index is 0. The zero-order valence-electron chi connectivity index (χ0n) is 1.65. The fraction of sp³-hybridized carbons (Fsp3) is 0. The van der Waals surface area contributed by atoms with E-state index in [4.69, 9.17) is 0 Å². The average Bonchev–Trinajstić information content (AvgIpc) is 0. The van der Waals surface area contributed by atoms with E-state index in [1.807, 2.05) is 0 Å². The van der Waals surface area contributed by atoms with Gasteiger partial charge in [-0.05, 0) is 0 Å². The molecule has 4 heteroatoms. The smallest absolute Gasteiger partial charge is 0 e. The second kappa shape index (κ2) is 16.6. The third-order valence-electron chi connectivity index (χ3n) is 0. The molecule has 0 aliphatic heterocycles. The molecule has 0 heterocycles. The Morgan fingerprint density at radius 3 is 1.00 bits per heavy atom. The van der Waals surface area contributed by atoms with E-state index in [1.54, 1.807) is 0 Å². The van der Waals surface area contributed by atoms with Crippen LogP contribution in [0.25, 0.3) is 0 Å². The normalized spacial score (nSPS) is 0. The van der Waals surface area contributed by atoms with Crippen LogP contribution in [0.5, 0.6) is 0 Å². The Hall–Kier alpha value is 3.05. The van der Waals surface area contributed by atoms with Gasteiger partial charge in [0.1, 0.15) is 0 Å². The van der Waals surface area contributed by atoms with Gasteiger partial charge in [-0.25, -0.2) is 0 Å². The molecule has 0 saturated carbocycles. The van der Waals surface area contributed by atoms with Crippen LogP contribution in [-0.4, -0.2) is 43.7 Å². The van der Waals surface area contributed by atoms with E-state index in [-0.39, 0.29) is 91.9 Å². The van der Waals surface area contributed by atoms with Crippen molar-refractivity contribution in [2.75, 3.05) is 0 Å². The summed E-state index contributed by atoms with van der Waals surface area (Å²) in [6, 6.07) is 0. The third-order valence-corrected chi connectivity index (χ3v) is 0. The molecule has 0 aromatic heterocycles. The molecule has 0 nitrogen and oxygen atoms in total. The summed E-state index contributed by atoms with van der Waals surface area (Å²) in [5.74, 6) is 0. The first-order chi connectivity index (χ1) is 0. The van der Waals surface area contributed by atoms with Gasteiger partial charge in [0, 0.05) is 48.2 Å². The minimum absolute atomic E-state index is 0. The molecular weight excluding hydrogens is 548 g/mol. The molecule has 3 radical (unpaired) electrons. The summed E-state index contributed by atoms with van der Waals surface area (Å²) < 4.78 is 0. The molecule has 0 atom stereocenters. The molecule has 0 saturated heterocycles. The van der Waals surface area contributed by atoms with Gasteiger partial charge in [-0.15, -0.1) is 0 Å². The fourth-order valence-corrected chi connectivity index (χ4v) is 0. The Morgan fingerprint density at radius 2 is 1.00 bits per heavy atom. The summed E-state index contributed by atoms with van der Waals surface area (Å²) in [5, 5.41) is 0. The van der Waals surface area contributed by atoms with Gasteiger partial charge in [0.15, 0.2) is 0 Å². The Bertz CT molecular complexity index is 8.00. The molecule has 4 heavy (non-hydrogen) atoms. The minimum Gasteiger partial charge on any atom is 0 e. The van der Waals surface area contributed by atoms with Crippen LogP contribution in [0.2, 0.25) is 0 Å². The molecule has 0 bridgehead atoms. The second-order valence-corrected chi connectivity index (χ2v) is 0. The molecule has 0 aromatic rings. The van der Waals surface area contributed by atoms with E-state index in [1.165, 1.54) is 0 Å². The zero-order chi connectivity index (χ0) is 0. The van der Waals surface area contributed by atoms with Crippen LogP contribution in [0.1, 0.15) is 0 Å². The second-order valence-electron chi connectivity index (χ2n) is 0. The summed E-state index contributed by atoms with van der Waals surface area (Å²) in [4.78, 5) is 0. The SMILES string of the molecule is [GaH3].[Hf].[SnH2].[Ta]. The fourth-order valence-electron chi connectivity index (χ4n) is 0.